The molecule has 0 aliphatic carbocycles. The molecule has 1 aromatic carbocycles. The van der Waals surface area contributed by atoms with E-state index in [1.807, 2.05) is 13.8 Å². The fourth-order valence-corrected chi connectivity index (χ4v) is 4.08. The van der Waals surface area contributed by atoms with Gasteiger partial charge in [0, 0.05) is 18.3 Å². The third-order valence-corrected chi connectivity index (χ3v) is 6.24. The molecule has 0 aliphatic rings. The lowest BCUT2D eigenvalue weighted by atomic mass is 10.0. The Morgan fingerprint density at radius 1 is 0.925 bits per heavy atom. The monoisotopic (exact) mass is 559 g/mol. The molecule has 1 heterocycles. The summed E-state index contributed by atoms with van der Waals surface area (Å²) in [7, 11) is 0. The molecule has 0 bridgehead atoms. The van der Waals surface area contributed by atoms with E-state index in [0.717, 1.165) is 5.56 Å². The Morgan fingerprint density at radius 2 is 1.55 bits per heavy atom. The number of nitrogens with two attached hydrogens (primary N) is 2. The summed E-state index contributed by atoms with van der Waals surface area (Å²) in [5.74, 6) is -2.91. The van der Waals surface area contributed by atoms with E-state index in [0.29, 0.717) is 25.1 Å². The van der Waals surface area contributed by atoms with Crippen molar-refractivity contribution in [2.75, 3.05) is 6.54 Å². The number of carbonyl (C=O) groups excluding carboxylic acids is 3. The number of phenolic OH excluding ortho intramolecular Hbond substituents is 1. The lowest BCUT2D eigenvalue weighted by Gasteiger charge is -2.26. The minimum absolute atomic E-state index is 0.0168. The molecule has 10 N–H and O–H groups in total. The van der Waals surface area contributed by atoms with Gasteiger partial charge < -0.3 is 42.6 Å². The minimum atomic E-state index is -1.19. The van der Waals surface area contributed by atoms with Gasteiger partial charge in [0.25, 0.3) is 0 Å². The smallest absolute Gasteiger partial charge is 0.326 e. The molecule has 13 nitrogen and oxygen atoms in total. The van der Waals surface area contributed by atoms with Crippen LogP contribution in [0.15, 0.2) is 36.8 Å². The number of nitrogens with one attached hydrogen (secondary N) is 4. The van der Waals surface area contributed by atoms with E-state index in [4.69, 9.17) is 11.5 Å². The highest BCUT2D eigenvalue weighted by Gasteiger charge is 2.31. The third kappa shape index (κ3) is 11.0. The van der Waals surface area contributed by atoms with Crippen LogP contribution in [0, 0.1) is 5.92 Å². The number of nitrogens with zero attached hydrogens (tertiary/aromatic N) is 1. The van der Waals surface area contributed by atoms with Crippen LogP contribution in [0.3, 0.4) is 0 Å². The number of carboxylic acid groups (broad SMARTS) is 1. The molecule has 13 heteroatoms. The molecule has 40 heavy (non-hydrogen) atoms. The second kappa shape index (κ2) is 16.2. The van der Waals surface area contributed by atoms with Crippen LogP contribution in [0.1, 0.15) is 50.8 Å². The number of H-pyrrole nitrogens is 1. The van der Waals surface area contributed by atoms with Crippen LogP contribution in [0.2, 0.25) is 0 Å². The quantitative estimate of drug-likeness (QED) is 0.121. The predicted molar refractivity (Wildman–Crippen MR) is 148 cm³/mol. The van der Waals surface area contributed by atoms with Gasteiger partial charge in [0.2, 0.25) is 17.7 Å². The molecule has 4 unspecified atom stereocenters. The number of carboxylic acids is 1. The zero-order valence-corrected chi connectivity index (χ0v) is 22.9. The minimum Gasteiger partial charge on any atom is -0.508 e. The Bertz CT molecular complexity index is 1090. The van der Waals surface area contributed by atoms with E-state index in [1.54, 1.807) is 12.1 Å². The molecule has 0 aliphatic heterocycles. The summed E-state index contributed by atoms with van der Waals surface area (Å²) in [6, 6.07) is 2.06. The first-order valence-corrected chi connectivity index (χ1v) is 13.3. The van der Waals surface area contributed by atoms with Crippen molar-refractivity contribution >= 4 is 23.7 Å². The zero-order chi connectivity index (χ0) is 29.7. The van der Waals surface area contributed by atoms with Crippen LogP contribution < -0.4 is 27.4 Å². The molecule has 0 saturated carbocycles. The number of aromatic amines is 1. The zero-order valence-electron chi connectivity index (χ0n) is 22.9. The van der Waals surface area contributed by atoms with Gasteiger partial charge in [-0.15, -0.1) is 0 Å². The van der Waals surface area contributed by atoms with Crippen LogP contribution in [0.5, 0.6) is 5.75 Å². The number of hydrogen-bond donors (Lipinski definition) is 8. The van der Waals surface area contributed by atoms with Crippen LogP contribution in [-0.2, 0) is 32.0 Å². The molecule has 0 fully saturated rings. The van der Waals surface area contributed by atoms with Gasteiger partial charge in [-0.05, 0) is 62.3 Å². The summed E-state index contributed by atoms with van der Waals surface area (Å²) < 4.78 is 0. The second-order valence-electron chi connectivity index (χ2n) is 10.2. The van der Waals surface area contributed by atoms with E-state index in [2.05, 4.69) is 25.9 Å². The van der Waals surface area contributed by atoms with Crippen molar-refractivity contribution in [2.24, 2.45) is 17.4 Å². The number of aromatic nitrogens is 2. The molecule has 0 radical (unpaired) electrons. The topological polar surface area (TPSA) is 226 Å². The number of rotatable bonds is 17. The molecule has 0 spiro atoms. The number of carbonyl (C=O) groups is 4. The van der Waals surface area contributed by atoms with Gasteiger partial charge >= 0.3 is 5.97 Å². The number of hydrogen-bond acceptors (Lipinski definition) is 8. The molecule has 4 atom stereocenters. The van der Waals surface area contributed by atoms with Crippen molar-refractivity contribution in [3.05, 3.63) is 48.0 Å². The fraction of sp³-hybridized carbons (Fsp3) is 0.519. The molecular formula is C27H41N7O6. The lowest BCUT2D eigenvalue weighted by molar-refractivity contribution is -0.142. The summed E-state index contributed by atoms with van der Waals surface area (Å²) in [5, 5.41) is 26.9. The normalized spacial score (nSPS) is 14.1. The predicted octanol–water partition coefficient (Wildman–Crippen LogP) is -0.0581. The van der Waals surface area contributed by atoms with Crippen molar-refractivity contribution in [3.63, 3.8) is 0 Å². The van der Waals surface area contributed by atoms with Gasteiger partial charge in [-0.3, -0.25) is 14.4 Å². The molecule has 3 amide bonds. The SMILES string of the molecule is CC(C)CC(NC(=O)C(N)Cc1ccc(O)cc1)C(=O)NC(Cc1cnc[nH]1)C(=O)NC(CCCCN)C(=O)O. The van der Waals surface area contributed by atoms with Crippen molar-refractivity contribution in [3.8, 4) is 5.75 Å². The van der Waals surface area contributed by atoms with Gasteiger partial charge in [-0.25, -0.2) is 9.78 Å². The number of imidazole rings is 1. The number of unbranched alkanes of at least 4 members (excludes halogenated alkanes) is 1. The van der Waals surface area contributed by atoms with E-state index >= 15 is 0 Å². The van der Waals surface area contributed by atoms with Crippen molar-refractivity contribution in [1.82, 2.24) is 25.9 Å². The van der Waals surface area contributed by atoms with Crippen LogP contribution >= 0.6 is 0 Å². The Balaban J connectivity index is 2.15. The van der Waals surface area contributed by atoms with Gasteiger partial charge in [0.15, 0.2) is 0 Å². The van der Waals surface area contributed by atoms with E-state index < -0.39 is 47.9 Å². The first kappa shape index (κ1) is 32.2. The summed E-state index contributed by atoms with van der Waals surface area (Å²) >= 11 is 0. The highest BCUT2D eigenvalue weighted by atomic mass is 16.4. The van der Waals surface area contributed by atoms with Gasteiger partial charge in [-0.2, -0.15) is 0 Å². The number of phenols is 1. The Labute approximate surface area is 233 Å². The van der Waals surface area contributed by atoms with Gasteiger partial charge in [-0.1, -0.05) is 26.0 Å². The number of benzene rings is 1. The maximum Gasteiger partial charge on any atom is 0.326 e. The first-order chi connectivity index (χ1) is 19.0. The molecule has 0 saturated heterocycles. The Hall–Kier alpha value is -3.97. The van der Waals surface area contributed by atoms with E-state index in [1.165, 1.54) is 24.7 Å². The van der Waals surface area contributed by atoms with Gasteiger partial charge in [0.05, 0.1) is 12.4 Å². The van der Waals surface area contributed by atoms with E-state index in [9.17, 15) is 29.4 Å². The number of aliphatic carboxylic acids is 1. The summed E-state index contributed by atoms with van der Waals surface area (Å²) in [6.07, 6.45) is 4.72. The second-order valence-corrected chi connectivity index (χ2v) is 10.2. The molecule has 1 aromatic heterocycles. The average Bonchev–Trinajstić information content (AvgIpc) is 3.41. The number of amides is 3. The summed E-state index contributed by atoms with van der Waals surface area (Å²) in [4.78, 5) is 58.0. The van der Waals surface area contributed by atoms with Crippen LogP contribution in [0.25, 0.3) is 0 Å². The Kier molecular flexibility index (Phi) is 13.1. The summed E-state index contributed by atoms with van der Waals surface area (Å²) in [6.45, 7) is 4.17. The molecule has 2 rings (SSSR count). The van der Waals surface area contributed by atoms with Crippen molar-refractivity contribution in [2.45, 2.75) is 76.5 Å². The highest BCUT2D eigenvalue weighted by molar-refractivity contribution is 5.94. The molecule has 220 valence electrons. The van der Waals surface area contributed by atoms with Crippen LogP contribution in [-0.4, -0.2) is 74.6 Å². The summed E-state index contributed by atoms with van der Waals surface area (Å²) in [5.41, 5.74) is 12.9. The fourth-order valence-electron chi connectivity index (χ4n) is 4.08. The molecular weight excluding hydrogens is 518 g/mol. The highest BCUT2D eigenvalue weighted by Crippen LogP contribution is 2.12. The lowest BCUT2D eigenvalue weighted by Crippen LogP contribution is -2.58. The maximum absolute atomic E-state index is 13.4. The first-order valence-electron chi connectivity index (χ1n) is 13.3. The van der Waals surface area contributed by atoms with Crippen LogP contribution in [0.4, 0.5) is 0 Å². The van der Waals surface area contributed by atoms with E-state index in [-0.39, 0.29) is 37.4 Å². The van der Waals surface area contributed by atoms with Gasteiger partial charge in [0.1, 0.15) is 23.9 Å². The third-order valence-electron chi connectivity index (χ3n) is 6.24. The maximum atomic E-state index is 13.4. The largest absolute Gasteiger partial charge is 0.508 e. The van der Waals surface area contributed by atoms with Crippen molar-refractivity contribution in [1.29, 1.82) is 0 Å². The standard InChI is InChI=1S/C27H41N7O6/c1-16(2)11-22(33-24(36)20(29)12-17-6-8-19(35)9-7-17)25(37)34-23(13-18-14-30-15-31-18)26(38)32-21(27(39)40)5-3-4-10-28/h6-9,14-16,20-23,35H,3-5,10-13,28-29H2,1-2H3,(H,30,31)(H,32,38)(H,33,36)(H,34,37)(H,39,40). The molecule has 2 aromatic rings. The van der Waals surface area contributed by atoms with Crippen molar-refractivity contribution < 1.29 is 29.4 Å². The number of aromatic hydroxyl groups is 1. The average molecular weight is 560 g/mol. The Morgan fingerprint density at radius 3 is 2.12 bits per heavy atom.